The largest absolute Gasteiger partial charge is 0.481 e. The van der Waals surface area contributed by atoms with Crippen molar-refractivity contribution in [2.24, 2.45) is 0 Å². The SMILES string of the molecule is COc1cc(C)nc(Nc2cccc3c2CCNC3)n1. The Labute approximate surface area is 118 Å². The van der Waals surface area contributed by atoms with E-state index in [1.807, 2.05) is 13.0 Å². The fraction of sp³-hybridized carbons (Fsp3) is 0.333. The Hall–Kier alpha value is -2.14. The van der Waals surface area contributed by atoms with Gasteiger partial charge in [0.25, 0.3) is 0 Å². The van der Waals surface area contributed by atoms with Gasteiger partial charge < -0.3 is 15.4 Å². The zero-order valence-electron chi connectivity index (χ0n) is 11.7. The summed E-state index contributed by atoms with van der Waals surface area (Å²) in [5, 5.41) is 6.70. The second kappa shape index (κ2) is 5.46. The second-order valence-corrected chi connectivity index (χ2v) is 4.87. The number of methoxy groups -OCH3 is 1. The first-order chi connectivity index (χ1) is 9.76. The molecule has 0 bridgehead atoms. The summed E-state index contributed by atoms with van der Waals surface area (Å²) in [4.78, 5) is 8.74. The van der Waals surface area contributed by atoms with Gasteiger partial charge in [0.1, 0.15) is 0 Å². The Morgan fingerprint density at radius 3 is 3.05 bits per heavy atom. The van der Waals surface area contributed by atoms with E-state index < -0.39 is 0 Å². The van der Waals surface area contributed by atoms with Crippen LogP contribution in [0.4, 0.5) is 11.6 Å². The van der Waals surface area contributed by atoms with Crippen LogP contribution in [-0.4, -0.2) is 23.6 Å². The van der Waals surface area contributed by atoms with E-state index in [4.69, 9.17) is 4.74 Å². The Morgan fingerprint density at radius 1 is 1.30 bits per heavy atom. The number of anilines is 2. The van der Waals surface area contributed by atoms with Gasteiger partial charge in [-0.1, -0.05) is 12.1 Å². The Bertz CT molecular complexity index is 627. The van der Waals surface area contributed by atoms with Crippen molar-refractivity contribution < 1.29 is 4.74 Å². The van der Waals surface area contributed by atoms with E-state index in [1.54, 1.807) is 7.11 Å². The van der Waals surface area contributed by atoms with Gasteiger partial charge in [-0.15, -0.1) is 0 Å². The van der Waals surface area contributed by atoms with Crippen molar-refractivity contribution in [3.63, 3.8) is 0 Å². The summed E-state index contributed by atoms with van der Waals surface area (Å²) in [5.74, 6) is 1.15. The second-order valence-electron chi connectivity index (χ2n) is 4.87. The molecule has 0 amide bonds. The first kappa shape index (κ1) is 12.9. The molecule has 1 aromatic carbocycles. The van der Waals surface area contributed by atoms with Crippen LogP contribution < -0.4 is 15.4 Å². The number of ether oxygens (including phenoxy) is 1. The molecule has 2 aromatic rings. The van der Waals surface area contributed by atoms with E-state index in [0.717, 1.165) is 30.9 Å². The number of hydrogen-bond donors (Lipinski definition) is 2. The van der Waals surface area contributed by atoms with Crippen LogP contribution >= 0.6 is 0 Å². The third-order valence-corrected chi connectivity index (χ3v) is 3.43. The van der Waals surface area contributed by atoms with Crippen molar-refractivity contribution in [2.45, 2.75) is 19.9 Å². The van der Waals surface area contributed by atoms with E-state index in [2.05, 4.69) is 38.8 Å². The fourth-order valence-corrected chi connectivity index (χ4v) is 2.47. The molecule has 0 saturated heterocycles. The third kappa shape index (κ3) is 2.58. The maximum Gasteiger partial charge on any atom is 0.230 e. The molecule has 1 aromatic heterocycles. The quantitative estimate of drug-likeness (QED) is 0.895. The number of benzene rings is 1. The van der Waals surface area contributed by atoms with Crippen molar-refractivity contribution >= 4 is 11.6 Å². The molecule has 5 heteroatoms. The highest BCUT2D eigenvalue weighted by Crippen LogP contribution is 2.25. The minimum absolute atomic E-state index is 0.575. The molecule has 5 nitrogen and oxygen atoms in total. The lowest BCUT2D eigenvalue weighted by molar-refractivity contribution is 0.397. The summed E-state index contributed by atoms with van der Waals surface area (Å²) in [6.45, 7) is 3.85. The molecular weight excluding hydrogens is 252 g/mol. The topological polar surface area (TPSA) is 59.1 Å². The van der Waals surface area contributed by atoms with E-state index in [-0.39, 0.29) is 0 Å². The lowest BCUT2D eigenvalue weighted by Crippen LogP contribution is -2.24. The predicted molar refractivity (Wildman–Crippen MR) is 78.5 cm³/mol. The minimum atomic E-state index is 0.575. The molecule has 1 aliphatic heterocycles. The van der Waals surface area contributed by atoms with Crippen LogP contribution in [0, 0.1) is 6.92 Å². The van der Waals surface area contributed by atoms with Crippen molar-refractivity contribution in [1.29, 1.82) is 0 Å². The van der Waals surface area contributed by atoms with Crippen LogP contribution in [0.3, 0.4) is 0 Å². The Kier molecular flexibility index (Phi) is 3.52. The maximum absolute atomic E-state index is 5.18. The molecule has 2 N–H and O–H groups in total. The molecule has 0 saturated carbocycles. The van der Waals surface area contributed by atoms with E-state index in [0.29, 0.717) is 11.8 Å². The summed E-state index contributed by atoms with van der Waals surface area (Å²) in [5.41, 5.74) is 4.64. The van der Waals surface area contributed by atoms with E-state index in [9.17, 15) is 0 Å². The van der Waals surface area contributed by atoms with Gasteiger partial charge in [0.15, 0.2) is 0 Å². The van der Waals surface area contributed by atoms with Crippen LogP contribution in [0.1, 0.15) is 16.8 Å². The van der Waals surface area contributed by atoms with Crippen molar-refractivity contribution in [3.05, 3.63) is 41.1 Å². The Balaban J connectivity index is 1.93. The number of fused-ring (bicyclic) bond motifs is 1. The third-order valence-electron chi connectivity index (χ3n) is 3.43. The van der Waals surface area contributed by atoms with Gasteiger partial charge in [0.05, 0.1) is 7.11 Å². The van der Waals surface area contributed by atoms with Crippen molar-refractivity contribution in [3.8, 4) is 5.88 Å². The smallest absolute Gasteiger partial charge is 0.230 e. The number of hydrogen-bond acceptors (Lipinski definition) is 5. The monoisotopic (exact) mass is 270 g/mol. The number of nitrogens with zero attached hydrogens (tertiary/aromatic N) is 2. The molecule has 20 heavy (non-hydrogen) atoms. The summed E-state index contributed by atoms with van der Waals surface area (Å²) in [7, 11) is 1.61. The molecule has 0 atom stereocenters. The first-order valence-electron chi connectivity index (χ1n) is 6.74. The molecule has 0 aliphatic carbocycles. The summed E-state index contributed by atoms with van der Waals surface area (Å²) in [6.07, 6.45) is 1.02. The van der Waals surface area contributed by atoms with E-state index in [1.165, 1.54) is 11.1 Å². The van der Waals surface area contributed by atoms with Crippen LogP contribution in [0.2, 0.25) is 0 Å². The van der Waals surface area contributed by atoms with Gasteiger partial charge in [-0.25, -0.2) is 4.98 Å². The summed E-state index contributed by atoms with van der Waals surface area (Å²) in [6, 6.07) is 8.10. The molecule has 0 spiro atoms. The lowest BCUT2D eigenvalue weighted by atomic mass is 9.99. The van der Waals surface area contributed by atoms with Gasteiger partial charge in [0, 0.05) is 24.0 Å². The number of rotatable bonds is 3. The minimum Gasteiger partial charge on any atom is -0.481 e. The zero-order chi connectivity index (χ0) is 13.9. The number of nitrogens with one attached hydrogen (secondary N) is 2. The van der Waals surface area contributed by atoms with Gasteiger partial charge in [-0.3, -0.25) is 0 Å². The fourth-order valence-electron chi connectivity index (χ4n) is 2.47. The highest BCUT2D eigenvalue weighted by molar-refractivity contribution is 5.61. The van der Waals surface area contributed by atoms with Crippen molar-refractivity contribution in [1.82, 2.24) is 15.3 Å². The van der Waals surface area contributed by atoms with Crippen LogP contribution in [0.5, 0.6) is 5.88 Å². The molecule has 104 valence electrons. The molecule has 0 fully saturated rings. The number of aromatic nitrogens is 2. The molecular formula is C15H18N4O. The van der Waals surface area contributed by atoms with Gasteiger partial charge in [-0.05, 0) is 37.1 Å². The highest BCUT2D eigenvalue weighted by atomic mass is 16.5. The summed E-state index contributed by atoms with van der Waals surface area (Å²) >= 11 is 0. The standard InChI is InChI=1S/C15H18N4O/c1-10-8-14(20-2)19-15(17-10)18-13-5-3-4-11-9-16-7-6-12(11)13/h3-5,8,16H,6-7,9H2,1-2H3,(H,17,18,19). The Morgan fingerprint density at radius 2 is 2.20 bits per heavy atom. The van der Waals surface area contributed by atoms with E-state index >= 15 is 0 Å². The van der Waals surface area contributed by atoms with Crippen molar-refractivity contribution in [2.75, 3.05) is 19.0 Å². The predicted octanol–water partition coefficient (Wildman–Crippen LogP) is 2.18. The van der Waals surface area contributed by atoms with Crippen LogP contribution in [0.25, 0.3) is 0 Å². The normalized spacial score (nSPS) is 13.7. The summed E-state index contributed by atoms with van der Waals surface area (Å²) < 4.78 is 5.18. The highest BCUT2D eigenvalue weighted by Gasteiger charge is 2.13. The zero-order valence-corrected chi connectivity index (χ0v) is 11.7. The number of aryl methyl sites for hydroxylation is 1. The molecule has 2 heterocycles. The van der Waals surface area contributed by atoms with Gasteiger partial charge in [0.2, 0.25) is 11.8 Å². The molecule has 0 radical (unpaired) electrons. The molecule has 0 unspecified atom stereocenters. The van der Waals surface area contributed by atoms with Gasteiger partial charge >= 0.3 is 0 Å². The average molecular weight is 270 g/mol. The molecule has 3 rings (SSSR count). The van der Waals surface area contributed by atoms with Crippen LogP contribution in [-0.2, 0) is 13.0 Å². The molecule has 1 aliphatic rings. The lowest BCUT2D eigenvalue weighted by Gasteiger charge is -2.20. The average Bonchev–Trinajstić information content (AvgIpc) is 2.47. The maximum atomic E-state index is 5.18. The van der Waals surface area contributed by atoms with Crippen LogP contribution in [0.15, 0.2) is 24.3 Å². The first-order valence-corrected chi connectivity index (χ1v) is 6.74. The van der Waals surface area contributed by atoms with Gasteiger partial charge in [-0.2, -0.15) is 4.98 Å².